The molecular formula is C20H21N3O2. The molecule has 3 aromatic rings. The van der Waals surface area contributed by atoms with Crippen LogP contribution in [-0.2, 0) is 6.42 Å². The van der Waals surface area contributed by atoms with Crippen LogP contribution in [0.15, 0.2) is 48.8 Å². The summed E-state index contributed by atoms with van der Waals surface area (Å²) in [6.45, 7) is 4.07. The van der Waals surface area contributed by atoms with Gasteiger partial charge in [-0.1, -0.05) is 19.1 Å². The summed E-state index contributed by atoms with van der Waals surface area (Å²) in [5.74, 6) is -0.216. The minimum atomic E-state index is -0.793. The maximum Gasteiger partial charge on any atom is 0.252 e. The van der Waals surface area contributed by atoms with E-state index in [-0.39, 0.29) is 12.5 Å². The van der Waals surface area contributed by atoms with Gasteiger partial charge in [-0.3, -0.25) is 14.8 Å². The predicted molar refractivity (Wildman–Crippen MR) is 97.4 cm³/mol. The zero-order valence-electron chi connectivity index (χ0n) is 14.4. The Kier molecular flexibility index (Phi) is 5.05. The smallest absolute Gasteiger partial charge is 0.252 e. The highest BCUT2D eigenvalue weighted by molar-refractivity contribution is 6.06. The summed E-state index contributed by atoms with van der Waals surface area (Å²) < 4.78 is 0. The fourth-order valence-electron chi connectivity index (χ4n) is 2.79. The topological polar surface area (TPSA) is 75.1 Å². The second-order valence-corrected chi connectivity index (χ2v) is 6.03. The van der Waals surface area contributed by atoms with Crippen LogP contribution in [0.1, 0.15) is 40.2 Å². The van der Waals surface area contributed by atoms with Gasteiger partial charge in [0.15, 0.2) is 0 Å². The molecule has 0 radical (unpaired) electrons. The number of fused-ring (bicyclic) bond motifs is 1. The quantitative estimate of drug-likeness (QED) is 0.752. The van der Waals surface area contributed by atoms with Crippen molar-refractivity contribution < 1.29 is 9.90 Å². The van der Waals surface area contributed by atoms with E-state index >= 15 is 0 Å². The zero-order valence-corrected chi connectivity index (χ0v) is 14.4. The van der Waals surface area contributed by atoms with Crippen LogP contribution in [0.5, 0.6) is 0 Å². The van der Waals surface area contributed by atoms with E-state index in [0.717, 1.165) is 28.6 Å². The molecule has 1 amide bonds. The molecule has 128 valence electrons. The molecule has 5 nitrogen and oxygen atoms in total. The van der Waals surface area contributed by atoms with Gasteiger partial charge in [-0.25, -0.2) is 0 Å². The Morgan fingerprint density at radius 3 is 2.84 bits per heavy atom. The SMILES string of the molecule is CCc1ccc2nc(C)cc(C(=O)NC[C@@H](O)c3cccnc3)c2c1. The summed E-state index contributed by atoms with van der Waals surface area (Å²) in [6, 6.07) is 11.3. The standard InChI is InChI=1S/C20H21N3O2/c1-3-14-6-7-18-16(10-14)17(9-13(2)23-18)20(25)22-12-19(24)15-5-4-8-21-11-15/h4-11,19,24H,3,12H2,1-2H3,(H,22,25)/t19-/m1/s1. The molecule has 2 heterocycles. The largest absolute Gasteiger partial charge is 0.387 e. The number of aryl methyl sites for hydroxylation is 2. The van der Waals surface area contributed by atoms with E-state index in [2.05, 4.69) is 22.2 Å². The van der Waals surface area contributed by atoms with Crippen molar-refractivity contribution in [3.05, 3.63) is 71.2 Å². The van der Waals surface area contributed by atoms with Crippen LogP contribution in [0, 0.1) is 6.92 Å². The molecule has 0 aliphatic carbocycles. The number of carbonyl (C=O) groups is 1. The van der Waals surface area contributed by atoms with Crippen LogP contribution in [-0.4, -0.2) is 27.5 Å². The number of hydrogen-bond donors (Lipinski definition) is 2. The lowest BCUT2D eigenvalue weighted by atomic mass is 10.0. The number of rotatable bonds is 5. The molecule has 0 aliphatic rings. The Hall–Kier alpha value is -2.79. The van der Waals surface area contributed by atoms with Crippen molar-refractivity contribution >= 4 is 16.8 Å². The van der Waals surface area contributed by atoms with Gasteiger partial charge >= 0.3 is 0 Å². The second-order valence-electron chi connectivity index (χ2n) is 6.03. The average molecular weight is 335 g/mol. The number of aliphatic hydroxyl groups excluding tert-OH is 1. The molecule has 25 heavy (non-hydrogen) atoms. The first-order chi connectivity index (χ1) is 12.1. The molecule has 0 aliphatic heterocycles. The second kappa shape index (κ2) is 7.40. The molecule has 0 saturated heterocycles. The number of pyridine rings is 2. The first-order valence-corrected chi connectivity index (χ1v) is 8.35. The molecule has 1 aromatic carbocycles. The van der Waals surface area contributed by atoms with Gasteiger partial charge < -0.3 is 10.4 Å². The maximum absolute atomic E-state index is 12.7. The number of carbonyl (C=O) groups excluding carboxylic acids is 1. The number of amides is 1. The van der Waals surface area contributed by atoms with E-state index in [0.29, 0.717) is 11.1 Å². The molecule has 5 heteroatoms. The van der Waals surface area contributed by atoms with Crippen LogP contribution in [0.25, 0.3) is 10.9 Å². The van der Waals surface area contributed by atoms with Gasteiger partial charge in [-0.05, 0) is 43.2 Å². The van der Waals surface area contributed by atoms with E-state index in [9.17, 15) is 9.90 Å². The predicted octanol–water partition coefficient (Wildman–Crippen LogP) is 2.96. The Morgan fingerprint density at radius 1 is 1.28 bits per heavy atom. The van der Waals surface area contributed by atoms with Gasteiger partial charge in [0.1, 0.15) is 0 Å². The van der Waals surface area contributed by atoms with E-state index in [1.54, 1.807) is 30.6 Å². The van der Waals surface area contributed by atoms with E-state index in [1.807, 2.05) is 25.1 Å². The summed E-state index contributed by atoms with van der Waals surface area (Å²) in [5, 5.41) is 13.8. The van der Waals surface area contributed by atoms with Crippen molar-refractivity contribution in [3.63, 3.8) is 0 Å². The summed E-state index contributed by atoms with van der Waals surface area (Å²) in [6.07, 6.45) is 3.34. The van der Waals surface area contributed by atoms with Gasteiger partial charge in [0, 0.05) is 35.6 Å². The summed E-state index contributed by atoms with van der Waals surface area (Å²) >= 11 is 0. The molecule has 0 fully saturated rings. The summed E-state index contributed by atoms with van der Waals surface area (Å²) in [4.78, 5) is 21.2. The number of nitrogens with one attached hydrogen (secondary N) is 1. The normalized spacial score (nSPS) is 12.1. The number of hydrogen-bond acceptors (Lipinski definition) is 4. The van der Waals surface area contributed by atoms with Crippen molar-refractivity contribution in [2.75, 3.05) is 6.54 Å². The number of aromatic nitrogens is 2. The zero-order chi connectivity index (χ0) is 17.8. The molecule has 1 atom stereocenters. The molecule has 3 rings (SSSR count). The highest BCUT2D eigenvalue weighted by Gasteiger charge is 2.15. The van der Waals surface area contributed by atoms with Gasteiger partial charge in [0.2, 0.25) is 0 Å². The van der Waals surface area contributed by atoms with Crippen LogP contribution in [0.4, 0.5) is 0 Å². The van der Waals surface area contributed by atoms with Gasteiger partial charge in [-0.15, -0.1) is 0 Å². The lowest BCUT2D eigenvalue weighted by Gasteiger charge is -2.13. The van der Waals surface area contributed by atoms with Crippen molar-refractivity contribution in [1.29, 1.82) is 0 Å². The van der Waals surface area contributed by atoms with Crippen LogP contribution in [0.3, 0.4) is 0 Å². The van der Waals surface area contributed by atoms with Crippen LogP contribution >= 0.6 is 0 Å². The van der Waals surface area contributed by atoms with Gasteiger partial charge in [0.05, 0.1) is 17.2 Å². The van der Waals surface area contributed by atoms with E-state index in [1.165, 1.54) is 0 Å². The third-order valence-electron chi connectivity index (χ3n) is 4.18. The van der Waals surface area contributed by atoms with Crippen molar-refractivity contribution in [3.8, 4) is 0 Å². The highest BCUT2D eigenvalue weighted by Crippen LogP contribution is 2.21. The minimum Gasteiger partial charge on any atom is -0.387 e. The number of nitrogens with zero attached hydrogens (tertiary/aromatic N) is 2. The lowest BCUT2D eigenvalue weighted by Crippen LogP contribution is -2.28. The Balaban J connectivity index is 1.84. The fourth-order valence-corrected chi connectivity index (χ4v) is 2.79. The van der Waals surface area contributed by atoms with Crippen molar-refractivity contribution in [1.82, 2.24) is 15.3 Å². The van der Waals surface area contributed by atoms with E-state index < -0.39 is 6.10 Å². The monoisotopic (exact) mass is 335 g/mol. The molecular weight excluding hydrogens is 314 g/mol. The van der Waals surface area contributed by atoms with E-state index in [4.69, 9.17) is 0 Å². The number of aliphatic hydroxyl groups is 1. The highest BCUT2D eigenvalue weighted by atomic mass is 16.3. The first-order valence-electron chi connectivity index (χ1n) is 8.35. The fraction of sp³-hybridized carbons (Fsp3) is 0.250. The maximum atomic E-state index is 12.7. The Morgan fingerprint density at radius 2 is 2.12 bits per heavy atom. The summed E-state index contributed by atoms with van der Waals surface area (Å²) in [5.41, 5.74) is 4.00. The van der Waals surface area contributed by atoms with Gasteiger partial charge in [-0.2, -0.15) is 0 Å². The Labute approximate surface area is 146 Å². The van der Waals surface area contributed by atoms with Crippen LogP contribution in [0.2, 0.25) is 0 Å². The average Bonchev–Trinajstić information content (AvgIpc) is 2.65. The molecule has 0 spiro atoms. The first kappa shape index (κ1) is 17.0. The minimum absolute atomic E-state index is 0.126. The van der Waals surface area contributed by atoms with Crippen molar-refractivity contribution in [2.24, 2.45) is 0 Å². The Bertz CT molecular complexity index is 894. The molecule has 0 bridgehead atoms. The molecule has 2 aromatic heterocycles. The molecule has 2 N–H and O–H groups in total. The van der Waals surface area contributed by atoms with Gasteiger partial charge in [0.25, 0.3) is 5.91 Å². The van der Waals surface area contributed by atoms with Crippen molar-refractivity contribution in [2.45, 2.75) is 26.4 Å². The number of benzene rings is 1. The third-order valence-corrected chi connectivity index (χ3v) is 4.18. The lowest BCUT2D eigenvalue weighted by molar-refractivity contribution is 0.0917. The summed E-state index contributed by atoms with van der Waals surface area (Å²) in [7, 11) is 0. The molecule has 0 unspecified atom stereocenters. The van der Waals surface area contributed by atoms with Crippen LogP contribution < -0.4 is 5.32 Å². The molecule has 0 saturated carbocycles. The third kappa shape index (κ3) is 3.83.